The van der Waals surface area contributed by atoms with E-state index in [0.717, 1.165) is 19.3 Å². The van der Waals surface area contributed by atoms with Crippen LogP contribution >= 0.6 is 0 Å². The van der Waals surface area contributed by atoms with Crippen molar-refractivity contribution in [2.75, 3.05) is 19.6 Å². The largest absolute Gasteiger partial charge is 0.481 e. The van der Waals surface area contributed by atoms with E-state index in [4.69, 9.17) is 0 Å². The van der Waals surface area contributed by atoms with Gasteiger partial charge in [0.25, 0.3) is 0 Å². The normalized spacial score (nSPS) is 28.1. The molecule has 2 atom stereocenters. The summed E-state index contributed by atoms with van der Waals surface area (Å²) in [5.41, 5.74) is 0. The standard InChI is InChI=1S/C14H24N2O4/c17-11-5-7-16(8-6-11)14(20)15-9-10-3-1-2-4-12(10)13(18)19/h10-12,17H,1-9H2,(H,15,20)(H,18,19). The minimum absolute atomic E-state index is 0.0422. The Labute approximate surface area is 119 Å². The predicted octanol–water partition coefficient (Wildman–Crippen LogP) is 1.04. The maximum Gasteiger partial charge on any atom is 0.317 e. The Kier molecular flexibility index (Phi) is 5.23. The summed E-state index contributed by atoms with van der Waals surface area (Å²) >= 11 is 0. The van der Waals surface area contributed by atoms with Gasteiger partial charge in [-0.3, -0.25) is 4.79 Å². The third kappa shape index (κ3) is 3.85. The zero-order valence-corrected chi connectivity index (χ0v) is 11.8. The SMILES string of the molecule is O=C(O)C1CCCCC1CNC(=O)N1CCC(O)CC1. The summed E-state index contributed by atoms with van der Waals surface area (Å²) in [6.07, 6.45) is 4.53. The van der Waals surface area contributed by atoms with E-state index < -0.39 is 5.97 Å². The number of hydrogen-bond donors (Lipinski definition) is 3. The van der Waals surface area contributed by atoms with Crippen LogP contribution < -0.4 is 5.32 Å². The van der Waals surface area contributed by atoms with Crippen LogP contribution in [0.15, 0.2) is 0 Å². The fourth-order valence-electron chi connectivity index (χ4n) is 3.18. The van der Waals surface area contributed by atoms with E-state index in [-0.39, 0.29) is 24.0 Å². The maximum atomic E-state index is 12.0. The fourth-order valence-corrected chi connectivity index (χ4v) is 3.18. The van der Waals surface area contributed by atoms with Gasteiger partial charge in [-0.1, -0.05) is 12.8 Å². The molecule has 1 aliphatic carbocycles. The molecule has 0 aromatic rings. The summed E-state index contributed by atoms with van der Waals surface area (Å²) in [5, 5.41) is 21.5. The molecule has 3 N–H and O–H groups in total. The van der Waals surface area contributed by atoms with Gasteiger partial charge in [0.1, 0.15) is 0 Å². The highest BCUT2D eigenvalue weighted by Crippen LogP contribution is 2.29. The highest BCUT2D eigenvalue weighted by Gasteiger charge is 2.31. The molecule has 2 fully saturated rings. The molecule has 0 bridgehead atoms. The molecule has 6 nitrogen and oxygen atoms in total. The number of carbonyl (C=O) groups excluding carboxylic acids is 1. The Balaban J connectivity index is 1.78. The van der Waals surface area contributed by atoms with Crippen molar-refractivity contribution in [2.24, 2.45) is 11.8 Å². The Morgan fingerprint density at radius 3 is 2.40 bits per heavy atom. The van der Waals surface area contributed by atoms with Crippen molar-refractivity contribution in [1.29, 1.82) is 0 Å². The third-order valence-corrected chi connectivity index (χ3v) is 4.49. The molecule has 1 aliphatic heterocycles. The minimum atomic E-state index is -0.745. The first-order valence-electron chi connectivity index (χ1n) is 7.51. The maximum absolute atomic E-state index is 12.0. The number of urea groups is 1. The van der Waals surface area contributed by atoms with Crippen LogP contribution in [0.3, 0.4) is 0 Å². The molecule has 2 rings (SSSR count). The molecule has 20 heavy (non-hydrogen) atoms. The molecule has 1 saturated carbocycles. The molecule has 0 aromatic carbocycles. The Bertz CT molecular complexity index is 353. The van der Waals surface area contributed by atoms with E-state index in [1.807, 2.05) is 0 Å². The van der Waals surface area contributed by atoms with E-state index in [1.54, 1.807) is 4.90 Å². The van der Waals surface area contributed by atoms with Gasteiger partial charge < -0.3 is 20.4 Å². The van der Waals surface area contributed by atoms with Gasteiger partial charge in [0, 0.05) is 19.6 Å². The molecule has 2 aliphatic rings. The minimum Gasteiger partial charge on any atom is -0.481 e. The summed E-state index contributed by atoms with van der Waals surface area (Å²) in [6, 6.07) is -0.133. The lowest BCUT2D eigenvalue weighted by Gasteiger charge is -2.32. The van der Waals surface area contributed by atoms with Gasteiger partial charge in [-0.25, -0.2) is 4.79 Å². The number of nitrogens with one attached hydrogen (secondary N) is 1. The molecule has 0 spiro atoms. The highest BCUT2D eigenvalue weighted by atomic mass is 16.4. The molecule has 1 heterocycles. The first-order valence-corrected chi connectivity index (χ1v) is 7.51. The van der Waals surface area contributed by atoms with Crippen molar-refractivity contribution < 1.29 is 19.8 Å². The zero-order valence-electron chi connectivity index (χ0n) is 11.8. The topological polar surface area (TPSA) is 89.9 Å². The lowest BCUT2D eigenvalue weighted by atomic mass is 9.79. The van der Waals surface area contributed by atoms with Gasteiger partial charge in [-0.2, -0.15) is 0 Å². The average molecular weight is 284 g/mol. The van der Waals surface area contributed by atoms with Gasteiger partial charge in [0.05, 0.1) is 12.0 Å². The van der Waals surface area contributed by atoms with Crippen molar-refractivity contribution in [3.05, 3.63) is 0 Å². The van der Waals surface area contributed by atoms with Crippen molar-refractivity contribution in [2.45, 2.75) is 44.6 Å². The van der Waals surface area contributed by atoms with Crippen molar-refractivity contribution in [3.63, 3.8) is 0 Å². The molecular weight excluding hydrogens is 260 g/mol. The number of piperidine rings is 1. The molecule has 6 heteroatoms. The Morgan fingerprint density at radius 1 is 1.10 bits per heavy atom. The number of amides is 2. The van der Waals surface area contributed by atoms with Gasteiger partial charge in [-0.05, 0) is 31.6 Å². The molecular formula is C14H24N2O4. The number of carboxylic acid groups (broad SMARTS) is 1. The lowest BCUT2D eigenvalue weighted by molar-refractivity contribution is -0.144. The molecule has 0 aromatic heterocycles. The number of rotatable bonds is 3. The molecule has 2 amide bonds. The second-order valence-electron chi connectivity index (χ2n) is 5.89. The van der Waals surface area contributed by atoms with Crippen LogP contribution in [-0.4, -0.2) is 52.9 Å². The van der Waals surface area contributed by atoms with Gasteiger partial charge in [0.15, 0.2) is 0 Å². The van der Waals surface area contributed by atoms with E-state index in [1.165, 1.54) is 0 Å². The van der Waals surface area contributed by atoms with Gasteiger partial charge in [0.2, 0.25) is 0 Å². The highest BCUT2D eigenvalue weighted by molar-refractivity contribution is 5.74. The summed E-state index contributed by atoms with van der Waals surface area (Å²) in [5.74, 6) is -1.03. The van der Waals surface area contributed by atoms with Gasteiger partial charge in [-0.15, -0.1) is 0 Å². The van der Waals surface area contributed by atoms with Crippen LogP contribution in [0.2, 0.25) is 0 Å². The van der Waals surface area contributed by atoms with E-state index >= 15 is 0 Å². The van der Waals surface area contributed by atoms with Crippen LogP contribution in [0.1, 0.15) is 38.5 Å². The summed E-state index contributed by atoms with van der Waals surface area (Å²) in [4.78, 5) is 24.9. The first-order chi connectivity index (χ1) is 9.58. The molecule has 114 valence electrons. The fraction of sp³-hybridized carbons (Fsp3) is 0.857. The number of likely N-dealkylation sites (tertiary alicyclic amines) is 1. The molecule has 2 unspecified atom stereocenters. The van der Waals surface area contributed by atoms with E-state index in [9.17, 15) is 19.8 Å². The zero-order chi connectivity index (χ0) is 14.5. The van der Waals surface area contributed by atoms with Crippen LogP contribution in [0.5, 0.6) is 0 Å². The van der Waals surface area contributed by atoms with Crippen molar-refractivity contribution in [1.82, 2.24) is 10.2 Å². The van der Waals surface area contributed by atoms with Crippen molar-refractivity contribution in [3.8, 4) is 0 Å². The number of carboxylic acids is 1. The van der Waals surface area contributed by atoms with Crippen LogP contribution in [0, 0.1) is 11.8 Å². The van der Waals surface area contributed by atoms with Crippen LogP contribution in [0.4, 0.5) is 4.79 Å². The summed E-state index contributed by atoms with van der Waals surface area (Å²) < 4.78 is 0. The first kappa shape index (κ1) is 15.1. The number of hydrogen-bond acceptors (Lipinski definition) is 3. The van der Waals surface area contributed by atoms with Gasteiger partial charge >= 0.3 is 12.0 Å². The predicted molar refractivity (Wildman–Crippen MR) is 73.3 cm³/mol. The Hall–Kier alpha value is -1.30. The third-order valence-electron chi connectivity index (χ3n) is 4.49. The lowest BCUT2D eigenvalue weighted by Crippen LogP contribution is -2.47. The van der Waals surface area contributed by atoms with Crippen LogP contribution in [-0.2, 0) is 4.79 Å². The summed E-state index contributed by atoms with van der Waals surface area (Å²) in [6.45, 7) is 1.58. The van der Waals surface area contributed by atoms with E-state index in [2.05, 4.69) is 5.32 Å². The van der Waals surface area contributed by atoms with Crippen LogP contribution in [0.25, 0.3) is 0 Å². The second kappa shape index (κ2) is 6.92. The molecule has 0 radical (unpaired) electrons. The summed E-state index contributed by atoms with van der Waals surface area (Å²) in [7, 11) is 0. The smallest absolute Gasteiger partial charge is 0.317 e. The van der Waals surface area contributed by atoms with E-state index in [0.29, 0.717) is 38.9 Å². The Morgan fingerprint density at radius 2 is 1.75 bits per heavy atom. The number of carbonyl (C=O) groups is 2. The molecule has 1 saturated heterocycles. The number of aliphatic hydroxyl groups is 1. The average Bonchev–Trinajstić information content (AvgIpc) is 2.45. The number of aliphatic hydroxyl groups excluding tert-OH is 1. The number of nitrogens with zero attached hydrogens (tertiary/aromatic N) is 1. The number of aliphatic carboxylic acids is 1. The quantitative estimate of drug-likeness (QED) is 0.722. The monoisotopic (exact) mass is 284 g/mol. The second-order valence-corrected chi connectivity index (χ2v) is 5.89. The van der Waals surface area contributed by atoms with Crippen molar-refractivity contribution >= 4 is 12.0 Å².